The van der Waals surface area contributed by atoms with Gasteiger partial charge in [-0.05, 0) is 13.0 Å². The average Bonchev–Trinajstić information content (AvgIpc) is 2.47. The first-order chi connectivity index (χ1) is 9.85. The molecule has 9 heteroatoms. The highest BCUT2D eigenvalue weighted by atomic mass is 35.5. The zero-order valence-corrected chi connectivity index (χ0v) is 13.2. The third kappa shape index (κ3) is 3.45. The molecule has 0 aliphatic carbocycles. The number of hydrogen-bond donors (Lipinski definition) is 1. The van der Waals surface area contributed by atoms with Crippen LogP contribution in [-0.4, -0.2) is 55.5 Å². The molecule has 0 bridgehead atoms. The standard InChI is InChI=1S/C12H17ClN4O3S/c1-2-21(19,20)17-5-3-16(4-6-17)12-10(13)7-9(8-15-12)11(14)18/h7-8H,2-6H2,1H3,(H2,14,18). The van der Waals surface area contributed by atoms with Crippen molar-refractivity contribution >= 4 is 33.3 Å². The van der Waals surface area contributed by atoms with E-state index in [9.17, 15) is 13.2 Å². The Morgan fingerprint density at radius 2 is 2.00 bits per heavy atom. The Hall–Kier alpha value is -1.38. The summed E-state index contributed by atoms with van der Waals surface area (Å²) in [5.41, 5.74) is 5.41. The van der Waals surface area contributed by atoms with Crippen molar-refractivity contribution in [3.8, 4) is 0 Å². The lowest BCUT2D eigenvalue weighted by atomic mass is 10.2. The highest BCUT2D eigenvalue weighted by molar-refractivity contribution is 7.89. The van der Waals surface area contributed by atoms with Crippen molar-refractivity contribution in [3.63, 3.8) is 0 Å². The minimum absolute atomic E-state index is 0.0965. The average molecular weight is 333 g/mol. The maximum absolute atomic E-state index is 11.8. The van der Waals surface area contributed by atoms with Crippen LogP contribution < -0.4 is 10.6 Å². The fraction of sp³-hybridized carbons (Fsp3) is 0.500. The quantitative estimate of drug-likeness (QED) is 0.855. The number of anilines is 1. The minimum atomic E-state index is -3.16. The summed E-state index contributed by atoms with van der Waals surface area (Å²) in [4.78, 5) is 17.1. The third-order valence-electron chi connectivity index (χ3n) is 3.40. The van der Waals surface area contributed by atoms with Crippen LogP contribution in [0.15, 0.2) is 12.3 Å². The Labute approximate surface area is 128 Å². The molecule has 2 rings (SSSR count). The second-order valence-corrected chi connectivity index (χ2v) is 7.35. The lowest BCUT2D eigenvalue weighted by molar-refractivity contribution is 0.1000. The molecule has 1 saturated heterocycles. The number of pyridine rings is 1. The molecule has 0 aromatic carbocycles. The zero-order valence-electron chi connectivity index (χ0n) is 11.6. The maximum atomic E-state index is 11.8. The number of amides is 1. The summed E-state index contributed by atoms with van der Waals surface area (Å²) in [7, 11) is -3.16. The number of carbonyl (C=O) groups is 1. The molecule has 0 saturated carbocycles. The van der Waals surface area contributed by atoms with E-state index >= 15 is 0 Å². The van der Waals surface area contributed by atoms with Crippen LogP contribution in [-0.2, 0) is 10.0 Å². The van der Waals surface area contributed by atoms with E-state index in [-0.39, 0.29) is 11.3 Å². The van der Waals surface area contributed by atoms with Gasteiger partial charge >= 0.3 is 0 Å². The van der Waals surface area contributed by atoms with E-state index in [4.69, 9.17) is 17.3 Å². The van der Waals surface area contributed by atoms with Crippen LogP contribution in [0.25, 0.3) is 0 Å². The molecule has 7 nitrogen and oxygen atoms in total. The molecule has 21 heavy (non-hydrogen) atoms. The topological polar surface area (TPSA) is 96.6 Å². The van der Waals surface area contributed by atoms with Crippen LogP contribution in [0.2, 0.25) is 5.02 Å². The van der Waals surface area contributed by atoms with E-state index in [1.807, 2.05) is 4.90 Å². The highest BCUT2D eigenvalue weighted by Crippen LogP contribution is 2.25. The molecule has 0 radical (unpaired) electrons. The first-order valence-electron chi connectivity index (χ1n) is 6.53. The number of aromatic nitrogens is 1. The van der Waals surface area contributed by atoms with E-state index in [2.05, 4.69) is 4.98 Å². The van der Waals surface area contributed by atoms with E-state index in [1.54, 1.807) is 6.92 Å². The number of nitrogens with zero attached hydrogens (tertiary/aromatic N) is 3. The highest BCUT2D eigenvalue weighted by Gasteiger charge is 2.26. The zero-order chi connectivity index (χ0) is 15.6. The first-order valence-corrected chi connectivity index (χ1v) is 8.52. The van der Waals surface area contributed by atoms with Crippen molar-refractivity contribution < 1.29 is 13.2 Å². The van der Waals surface area contributed by atoms with Gasteiger partial charge in [0.1, 0.15) is 5.82 Å². The third-order valence-corrected chi connectivity index (χ3v) is 5.56. The fourth-order valence-electron chi connectivity index (χ4n) is 2.16. The van der Waals surface area contributed by atoms with Crippen LogP contribution in [0.3, 0.4) is 0 Å². The van der Waals surface area contributed by atoms with Crippen molar-refractivity contribution in [3.05, 3.63) is 22.8 Å². The van der Waals surface area contributed by atoms with Gasteiger partial charge < -0.3 is 10.6 Å². The number of carbonyl (C=O) groups excluding carboxylic acids is 1. The van der Waals surface area contributed by atoms with Gasteiger partial charge in [-0.25, -0.2) is 13.4 Å². The molecule has 1 aromatic rings. The molecular weight excluding hydrogens is 316 g/mol. The Morgan fingerprint density at radius 3 is 2.48 bits per heavy atom. The van der Waals surface area contributed by atoms with Crippen molar-refractivity contribution in [2.45, 2.75) is 6.92 Å². The summed E-state index contributed by atoms with van der Waals surface area (Å²) < 4.78 is 25.1. The largest absolute Gasteiger partial charge is 0.366 e. The molecule has 2 N–H and O–H groups in total. The van der Waals surface area contributed by atoms with Crippen LogP contribution >= 0.6 is 11.6 Å². The predicted molar refractivity (Wildman–Crippen MR) is 81.0 cm³/mol. The molecule has 0 unspecified atom stereocenters. The molecule has 1 aliphatic heterocycles. The first kappa shape index (κ1) is 16.0. The fourth-order valence-corrected chi connectivity index (χ4v) is 3.53. The number of piperazine rings is 1. The predicted octanol–water partition coefficient (Wildman–Crippen LogP) is 0.306. The Morgan fingerprint density at radius 1 is 1.38 bits per heavy atom. The lowest BCUT2D eigenvalue weighted by Crippen LogP contribution is -2.49. The van der Waals surface area contributed by atoms with Gasteiger partial charge in [-0.2, -0.15) is 4.31 Å². The van der Waals surface area contributed by atoms with Crippen LogP contribution in [0, 0.1) is 0 Å². The second kappa shape index (κ2) is 6.17. The molecule has 116 valence electrons. The summed E-state index contributed by atoms with van der Waals surface area (Å²) >= 11 is 6.12. The minimum Gasteiger partial charge on any atom is -0.366 e. The van der Waals surface area contributed by atoms with E-state index < -0.39 is 15.9 Å². The van der Waals surface area contributed by atoms with Gasteiger partial charge in [-0.3, -0.25) is 4.79 Å². The van der Waals surface area contributed by atoms with E-state index in [0.717, 1.165) is 0 Å². The van der Waals surface area contributed by atoms with Crippen LogP contribution in [0.1, 0.15) is 17.3 Å². The van der Waals surface area contributed by atoms with Gasteiger partial charge in [-0.15, -0.1) is 0 Å². The molecule has 1 aromatic heterocycles. The van der Waals surface area contributed by atoms with Crippen molar-refractivity contribution in [2.75, 3.05) is 36.8 Å². The SMILES string of the molecule is CCS(=O)(=O)N1CCN(c2ncc(C(N)=O)cc2Cl)CC1. The maximum Gasteiger partial charge on any atom is 0.250 e. The smallest absolute Gasteiger partial charge is 0.250 e. The van der Waals surface area contributed by atoms with Crippen LogP contribution in [0.5, 0.6) is 0 Å². The molecule has 2 heterocycles. The number of hydrogen-bond acceptors (Lipinski definition) is 5. The van der Waals surface area contributed by atoms with E-state index in [1.165, 1.54) is 16.6 Å². The normalized spacial score (nSPS) is 17.0. The molecule has 1 amide bonds. The lowest BCUT2D eigenvalue weighted by Gasteiger charge is -2.34. The summed E-state index contributed by atoms with van der Waals surface area (Å²) in [6.45, 7) is 3.42. The van der Waals surface area contributed by atoms with Crippen molar-refractivity contribution in [1.82, 2.24) is 9.29 Å². The number of sulfonamides is 1. The van der Waals surface area contributed by atoms with Gasteiger partial charge in [0.15, 0.2) is 0 Å². The van der Waals surface area contributed by atoms with Gasteiger partial charge in [0.05, 0.1) is 16.3 Å². The number of halogens is 1. The molecule has 1 fully saturated rings. The van der Waals surface area contributed by atoms with Crippen molar-refractivity contribution in [1.29, 1.82) is 0 Å². The number of nitrogens with two attached hydrogens (primary N) is 1. The summed E-state index contributed by atoms with van der Waals surface area (Å²) in [6.07, 6.45) is 1.37. The second-order valence-electron chi connectivity index (χ2n) is 4.68. The summed E-state index contributed by atoms with van der Waals surface area (Å²) in [5.74, 6) is 0.0456. The van der Waals surface area contributed by atoms with Crippen molar-refractivity contribution in [2.24, 2.45) is 5.73 Å². The molecular formula is C12H17ClN4O3S. The Balaban J connectivity index is 2.11. The monoisotopic (exact) mass is 332 g/mol. The number of rotatable bonds is 4. The Kier molecular flexibility index (Phi) is 4.70. The van der Waals surface area contributed by atoms with Gasteiger partial charge in [0.25, 0.3) is 0 Å². The molecule has 0 spiro atoms. The van der Waals surface area contributed by atoms with Gasteiger partial charge in [0, 0.05) is 32.4 Å². The molecule has 0 atom stereocenters. The van der Waals surface area contributed by atoms with Gasteiger partial charge in [0.2, 0.25) is 15.9 Å². The summed E-state index contributed by atoms with van der Waals surface area (Å²) in [5, 5.41) is 0.332. The molecule has 1 aliphatic rings. The number of primary amides is 1. The van der Waals surface area contributed by atoms with Gasteiger partial charge in [-0.1, -0.05) is 11.6 Å². The van der Waals surface area contributed by atoms with E-state index in [0.29, 0.717) is 37.0 Å². The Bertz CT molecular complexity index is 642. The summed E-state index contributed by atoms with van der Waals surface area (Å²) in [6, 6.07) is 1.47. The van der Waals surface area contributed by atoms with Crippen LogP contribution in [0.4, 0.5) is 5.82 Å².